The SMILES string of the molecule is CCN(C(=O)Nc1ccccc1)C(C)CC(=O)O. The Labute approximate surface area is 106 Å². The average molecular weight is 250 g/mol. The molecule has 0 aliphatic carbocycles. The predicted octanol–water partition coefficient (Wildman–Crippen LogP) is 2.40. The summed E-state index contributed by atoms with van der Waals surface area (Å²) >= 11 is 0. The van der Waals surface area contributed by atoms with Crippen molar-refractivity contribution < 1.29 is 14.7 Å². The number of carboxylic acid groups (broad SMARTS) is 1. The summed E-state index contributed by atoms with van der Waals surface area (Å²) in [5.41, 5.74) is 0.698. The van der Waals surface area contributed by atoms with Gasteiger partial charge in [0.05, 0.1) is 6.42 Å². The highest BCUT2D eigenvalue weighted by molar-refractivity contribution is 5.89. The van der Waals surface area contributed by atoms with Crippen molar-refractivity contribution in [2.75, 3.05) is 11.9 Å². The number of hydrogen-bond donors (Lipinski definition) is 2. The topological polar surface area (TPSA) is 69.6 Å². The quantitative estimate of drug-likeness (QED) is 0.843. The summed E-state index contributed by atoms with van der Waals surface area (Å²) in [4.78, 5) is 24.1. The molecular weight excluding hydrogens is 232 g/mol. The fourth-order valence-electron chi connectivity index (χ4n) is 1.74. The summed E-state index contributed by atoms with van der Waals surface area (Å²) in [6.07, 6.45) is -0.0595. The summed E-state index contributed by atoms with van der Waals surface area (Å²) in [6.45, 7) is 4.01. The van der Waals surface area contributed by atoms with Crippen LogP contribution in [0.4, 0.5) is 10.5 Å². The van der Waals surface area contributed by atoms with E-state index in [4.69, 9.17) is 5.11 Å². The molecule has 0 saturated carbocycles. The molecule has 0 aliphatic heterocycles. The lowest BCUT2D eigenvalue weighted by Gasteiger charge is -2.27. The number of carbonyl (C=O) groups excluding carboxylic acids is 1. The highest BCUT2D eigenvalue weighted by Gasteiger charge is 2.20. The van der Waals surface area contributed by atoms with Gasteiger partial charge in [-0.3, -0.25) is 4.79 Å². The number of amides is 2. The van der Waals surface area contributed by atoms with Gasteiger partial charge in [-0.2, -0.15) is 0 Å². The molecule has 0 aromatic heterocycles. The molecule has 0 fully saturated rings. The number of benzene rings is 1. The molecule has 0 bridgehead atoms. The van der Waals surface area contributed by atoms with Gasteiger partial charge in [0.15, 0.2) is 0 Å². The first kappa shape index (κ1) is 14.0. The number of hydrogen-bond acceptors (Lipinski definition) is 2. The van der Waals surface area contributed by atoms with Crippen molar-refractivity contribution in [3.8, 4) is 0 Å². The van der Waals surface area contributed by atoms with Crippen LogP contribution in [-0.4, -0.2) is 34.6 Å². The molecule has 1 unspecified atom stereocenters. The van der Waals surface area contributed by atoms with Gasteiger partial charge in [-0.1, -0.05) is 18.2 Å². The zero-order valence-electron chi connectivity index (χ0n) is 10.6. The van der Waals surface area contributed by atoms with Crippen LogP contribution in [0.1, 0.15) is 20.3 Å². The van der Waals surface area contributed by atoms with Crippen molar-refractivity contribution in [3.63, 3.8) is 0 Å². The fourth-order valence-corrected chi connectivity index (χ4v) is 1.74. The molecular formula is C13H18N2O3. The third-order valence-corrected chi connectivity index (χ3v) is 2.63. The monoisotopic (exact) mass is 250 g/mol. The Bertz CT molecular complexity index is 406. The molecule has 18 heavy (non-hydrogen) atoms. The van der Waals surface area contributed by atoms with Crippen molar-refractivity contribution in [2.45, 2.75) is 26.3 Å². The minimum absolute atomic E-state index is 0.0595. The Morgan fingerprint density at radius 1 is 1.33 bits per heavy atom. The molecule has 1 aromatic rings. The Hall–Kier alpha value is -2.04. The lowest BCUT2D eigenvalue weighted by Crippen LogP contribution is -2.42. The number of aliphatic carboxylic acids is 1. The van der Waals surface area contributed by atoms with E-state index in [9.17, 15) is 9.59 Å². The van der Waals surface area contributed by atoms with E-state index in [1.807, 2.05) is 25.1 Å². The third-order valence-electron chi connectivity index (χ3n) is 2.63. The van der Waals surface area contributed by atoms with E-state index in [1.165, 1.54) is 4.90 Å². The smallest absolute Gasteiger partial charge is 0.322 e. The highest BCUT2D eigenvalue weighted by atomic mass is 16.4. The van der Waals surface area contributed by atoms with Crippen LogP contribution in [-0.2, 0) is 4.79 Å². The number of rotatable bonds is 5. The maximum Gasteiger partial charge on any atom is 0.322 e. The molecule has 2 amide bonds. The van der Waals surface area contributed by atoms with E-state index in [1.54, 1.807) is 19.1 Å². The Morgan fingerprint density at radius 3 is 2.44 bits per heavy atom. The van der Waals surface area contributed by atoms with Gasteiger partial charge in [0.2, 0.25) is 0 Å². The second-order valence-corrected chi connectivity index (χ2v) is 4.03. The van der Waals surface area contributed by atoms with Crippen molar-refractivity contribution >= 4 is 17.7 Å². The molecule has 1 aromatic carbocycles. The lowest BCUT2D eigenvalue weighted by atomic mass is 10.2. The zero-order chi connectivity index (χ0) is 13.5. The first-order valence-electron chi connectivity index (χ1n) is 5.89. The molecule has 0 radical (unpaired) electrons. The van der Waals surface area contributed by atoms with Crippen LogP contribution in [0.3, 0.4) is 0 Å². The molecule has 5 heteroatoms. The number of urea groups is 1. The number of carbonyl (C=O) groups is 2. The van der Waals surface area contributed by atoms with E-state index in [0.29, 0.717) is 12.2 Å². The van der Waals surface area contributed by atoms with E-state index >= 15 is 0 Å². The van der Waals surface area contributed by atoms with Gasteiger partial charge in [0, 0.05) is 18.3 Å². The van der Waals surface area contributed by atoms with Gasteiger partial charge in [0.1, 0.15) is 0 Å². The maximum atomic E-state index is 12.0. The molecule has 1 atom stereocenters. The third kappa shape index (κ3) is 4.08. The molecule has 5 nitrogen and oxygen atoms in total. The van der Waals surface area contributed by atoms with E-state index < -0.39 is 5.97 Å². The minimum Gasteiger partial charge on any atom is -0.481 e. The fraction of sp³-hybridized carbons (Fsp3) is 0.385. The molecule has 0 heterocycles. The second kappa shape index (κ2) is 6.64. The number of carboxylic acids is 1. The number of anilines is 1. The van der Waals surface area contributed by atoms with Crippen molar-refractivity contribution in [1.82, 2.24) is 4.90 Å². The predicted molar refractivity (Wildman–Crippen MR) is 69.6 cm³/mol. The number of nitrogens with one attached hydrogen (secondary N) is 1. The Morgan fingerprint density at radius 2 is 1.94 bits per heavy atom. The zero-order valence-corrected chi connectivity index (χ0v) is 10.6. The van der Waals surface area contributed by atoms with Gasteiger partial charge in [-0.25, -0.2) is 4.79 Å². The van der Waals surface area contributed by atoms with Crippen LogP contribution in [0.2, 0.25) is 0 Å². The van der Waals surface area contributed by atoms with E-state index in [-0.39, 0.29) is 18.5 Å². The minimum atomic E-state index is -0.909. The maximum absolute atomic E-state index is 12.0. The van der Waals surface area contributed by atoms with Crippen LogP contribution in [0.25, 0.3) is 0 Å². The lowest BCUT2D eigenvalue weighted by molar-refractivity contribution is -0.137. The normalized spacial score (nSPS) is 11.7. The van der Waals surface area contributed by atoms with Crippen LogP contribution >= 0.6 is 0 Å². The van der Waals surface area contributed by atoms with Gasteiger partial charge >= 0.3 is 12.0 Å². The van der Waals surface area contributed by atoms with Crippen molar-refractivity contribution in [3.05, 3.63) is 30.3 Å². The molecule has 0 spiro atoms. The Balaban J connectivity index is 2.65. The molecule has 2 N–H and O–H groups in total. The summed E-state index contributed by atoms with van der Waals surface area (Å²) in [7, 11) is 0. The first-order chi connectivity index (χ1) is 8.54. The van der Waals surface area contributed by atoms with Crippen LogP contribution in [0.5, 0.6) is 0 Å². The summed E-state index contributed by atoms with van der Waals surface area (Å²) in [5, 5.41) is 11.5. The summed E-state index contributed by atoms with van der Waals surface area (Å²) < 4.78 is 0. The van der Waals surface area contributed by atoms with E-state index in [0.717, 1.165) is 0 Å². The van der Waals surface area contributed by atoms with Gasteiger partial charge in [-0.05, 0) is 26.0 Å². The van der Waals surface area contributed by atoms with Gasteiger partial charge in [0.25, 0.3) is 0 Å². The first-order valence-corrected chi connectivity index (χ1v) is 5.89. The second-order valence-electron chi connectivity index (χ2n) is 4.03. The van der Waals surface area contributed by atoms with Crippen molar-refractivity contribution in [1.29, 1.82) is 0 Å². The molecule has 0 aliphatic rings. The average Bonchev–Trinajstić information content (AvgIpc) is 2.30. The molecule has 98 valence electrons. The summed E-state index contributed by atoms with van der Waals surface area (Å²) in [6, 6.07) is 8.47. The number of para-hydroxylation sites is 1. The molecule has 0 saturated heterocycles. The Kier molecular flexibility index (Phi) is 5.17. The van der Waals surface area contributed by atoms with Gasteiger partial charge in [-0.15, -0.1) is 0 Å². The van der Waals surface area contributed by atoms with E-state index in [2.05, 4.69) is 5.32 Å². The van der Waals surface area contributed by atoms with Crippen molar-refractivity contribution in [2.24, 2.45) is 0 Å². The van der Waals surface area contributed by atoms with Gasteiger partial charge < -0.3 is 15.3 Å². The van der Waals surface area contributed by atoms with Crippen LogP contribution in [0.15, 0.2) is 30.3 Å². The largest absolute Gasteiger partial charge is 0.481 e. The highest BCUT2D eigenvalue weighted by Crippen LogP contribution is 2.10. The van der Waals surface area contributed by atoms with Crippen LogP contribution < -0.4 is 5.32 Å². The number of nitrogens with zero attached hydrogens (tertiary/aromatic N) is 1. The van der Waals surface area contributed by atoms with Crippen LogP contribution in [0, 0.1) is 0 Å². The summed E-state index contributed by atoms with van der Waals surface area (Å²) in [5.74, 6) is -0.909. The molecule has 1 rings (SSSR count). The standard InChI is InChI=1S/C13H18N2O3/c1-3-15(10(2)9-12(16)17)13(18)14-11-7-5-4-6-8-11/h4-8,10H,3,9H2,1-2H3,(H,14,18)(H,16,17).